The second kappa shape index (κ2) is 5.97. The van der Waals surface area contributed by atoms with Gasteiger partial charge in [0.1, 0.15) is 0 Å². The maximum atomic E-state index is 5.70. The molecule has 1 N–H and O–H groups in total. The third-order valence-electron chi connectivity index (χ3n) is 4.69. The van der Waals surface area contributed by atoms with Crippen LogP contribution in [0.15, 0.2) is 41.9 Å². The highest BCUT2D eigenvalue weighted by Gasteiger charge is 2.43. The minimum atomic E-state index is 0.146. The first-order valence-corrected chi connectivity index (χ1v) is 9.16. The molecule has 1 saturated heterocycles. The SMILES string of the molecule is S=C1NC(c2ccccn2)C(c2cccs2)N1C1CCCC1. The lowest BCUT2D eigenvalue weighted by atomic mass is 10.0. The number of thiocarbonyl (C=S) groups is 1. The number of aromatic nitrogens is 1. The van der Waals surface area contributed by atoms with Gasteiger partial charge in [-0.25, -0.2) is 0 Å². The summed E-state index contributed by atoms with van der Waals surface area (Å²) in [7, 11) is 0. The minimum absolute atomic E-state index is 0.146. The van der Waals surface area contributed by atoms with Gasteiger partial charge in [-0.1, -0.05) is 25.0 Å². The van der Waals surface area contributed by atoms with Crippen molar-refractivity contribution < 1.29 is 0 Å². The largest absolute Gasteiger partial charge is 0.352 e. The van der Waals surface area contributed by atoms with Gasteiger partial charge in [0.2, 0.25) is 0 Å². The van der Waals surface area contributed by atoms with E-state index in [0.29, 0.717) is 6.04 Å². The van der Waals surface area contributed by atoms with Gasteiger partial charge in [0.15, 0.2) is 5.11 Å². The molecule has 1 aliphatic carbocycles. The van der Waals surface area contributed by atoms with E-state index >= 15 is 0 Å². The van der Waals surface area contributed by atoms with Crippen molar-refractivity contribution in [3.05, 3.63) is 52.5 Å². The van der Waals surface area contributed by atoms with E-state index in [1.165, 1.54) is 30.6 Å². The van der Waals surface area contributed by atoms with Gasteiger partial charge in [-0.05, 0) is 48.6 Å². The van der Waals surface area contributed by atoms with Crippen LogP contribution in [0.5, 0.6) is 0 Å². The molecule has 114 valence electrons. The molecule has 4 rings (SSSR count). The van der Waals surface area contributed by atoms with E-state index in [-0.39, 0.29) is 12.1 Å². The number of rotatable bonds is 3. The molecule has 5 heteroatoms. The molecular formula is C17H19N3S2. The molecule has 1 aliphatic heterocycles. The Morgan fingerprint density at radius 2 is 2.05 bits per heavy atom. The fourth-order valence-corrected chi connectivity index (χ4v) is 4.96. The highest BCUT2D eigenvalue weighted by Crippen LogP contribution is 2.43. The van der Waals surface area contributed by atoms with Crippen molar-refractivity contribution in [2.24, 2.45) is 0 Å². The van der Waals surface area contributed by atoms with Gasteiger partial charge < -0.3 is 10.2 Å². The lowest BCUT2D eigenvalue weighted by molar-refractivity contribution is 0.249. The number of hydrogen-bond donors (Lipinski definition) is 1. The lowest BCUT2D eigenvalue weighted by Crippen LogP contribution is -2.37. The van der Waals surface area contributed by atoms with E-state index in [9.17, 15) is 0 Å². The fraction of sp³-hybridized carbons (Fsp3) is 0.412. The van der Waals surface area contributed by atoms with Crippen LogP contribution in [0.3, 0.4) is 0 Å². The number of thiophene rings is 1. The van der Waals surface area contributed by atoms with Gasteiger partial charge in [0.25, 0.3) is 0 Å². The molecule has 2 aromatic heterocycles. The predicted molar refractivity (Wildman–Crippen MR) is 93.9 cm³/mol. The summed E-state index contributed by atoms with van der Waals surface area (Å²) >= 11 is 7.51. The van der Waals surface area contributed by atoms with Crippen LogP contribution in [0, 0.1) is 0 Å². The van der Waals surface area contributed by atoms with Crippen LogP contribution < -0.4 is 5.32 Å². The first-order valence-electron chi connectivity index (χ1n) is 7.88. The third-order valence-corrected chi connectivity index (χ3v) is 5.96. The molecule has 2 unspecified atom stereocenters. The van der Waals surface area contributed by atoms with Crippen LogP contribution in [0.1, 0.15) is 48.3 Å². The number of nitrogens with one attached hydrogen (secondary N) is 1. The summed E-state index contributed by atoms with van der Waals surface area (Å²) in [5, 5.41) is 6.58. The van der Waals surface area contributed by atoms with Crippen LogP contribution in [-0.2, 0) is 0 Å². The Morgan fingerprint density at radius 1 is 1.18 bits per heavy atom. The Balaban J connectivity index is 1.74. The monoisotopic (exact) mass is 329 g/mol. The topological polar surface area (TPSA) is 28.2 Å². The van der Waals surface area contributed by atoms with Gasteiger partial charge in [-0.15, -0.1) is 11.3 Å². The highest BCUT2D eigenvalue weighted by atomic mass is 32.1. The van der Waals surface area contributed by atoms with Crippen molar-refractivity contribution in [2.45, 2.75) is 43.8 Å². The van der Waals surface area contributed by atoms with Crippen molar-refractivity contribution in [1.82, 2.24) is 15.2 Å². The Morgan fingerprint density at radius 3 is 2.73 bits per heavy atom. The van der Waals surface area contributed by atoms with Gasteiger partial charge >= 0.3 is 0 Å². The summed E-state index contributed by atoms with van der Waals surface area (Å²) in [6, 6.07) is 11.5. The average Bonchev–Trinajstić information content (AvgIpc) is 3.28. The molecule has 2 aromatic rings. The minimum Gasteiger partial charge on any atom is -0.352 e. The normalized spacial score (nSPS) is 25.6. The lowest BCUT2D eigenvalue weighted by Gasteiger charge is -2.32. The van der Waals surface area contributed by atoms with Crippen molar-refractivity contribution in [3.8, 4) is 0 Å². The highest BCUT2D eigenvalue weighted by molar-refractivity contribution is 7.80. The van der Waals surface area contributed by atoms with Gasteiger partial charge in [0, 0.05) is 17.1 Å². The first-order chi connectivity index (χ1) is 10.8. The van der Waals surface area contributed by atoms with Crippen molar-refractivity contribution in [1.29, 1.82) is 0 Å². The molecule has 1 saturated carbocycles. The third kappa shape index (κ3) is 2.42. The standard InChI is InChI=1S/C17H19N3S2/c21-17-19-15(13-8-3-4-10-18-13)16(14-9-5-11-22-14)20(17)12-6-1-2-7-12/h3-5,8-12,15-16H,1-2,6-7H2,(H,19,21). The van der Waals surface area contributed by atoms with E-state index in [2.05, 4.69) is 44.8 Å². The predicted octanol–water partition coefficient (Wildman–Crippen LogP) is 4.06. The fourth-order valence-electron chi connectivity index (χ4n) is 3.71. The Labute approximate surface area is 140 Å². The summed E-state index contributed by atoms with van der Waals surface area (Å²) in [5.74, 6) is 0. The molecule has 0 amide bonds. The van der Waals surface area contributed by atoms with E-state index in [0.717, 1.165) is 10.8 Å². The second-order valence-corrected chi connectivity index (χ2v) is 7.35. The van der Waals surface area contributed by atoms with Crippen LogP contribution in [0.2, 0.25) is 0 Å². The van der Waals surface area contributed by atoms with Gasteiger partial charge in [-0.3, -0.25) is 4.98 Å². The number of pyridine rings is 1. The van der Waals surface area contributed by atoms with Gasteiger partial charge in [0.05, 0.1) is 17.8 Å². The average molecular weight is 329 g/mol. The van der Waals surface area contributed by atoms with Gasteiger partial charge in [-0.2, -0.15) is 0 Å². The van der Waals surface area contributed by atoms with E-state index in [1.807, 2.05) is 23.6 Å². The zero-order chi connectivity index (χ0) is 14.9. The van der Waals surface area contributed by atoms with Crippen molar-refractivity contribution in [3.63, 3.8) is 0 Å². The summed E-state index contributed by atoms with van der Waals surface area (Å²) in [5.41, 5.74) is 1.07. The Kier molecular flexibility index (Phi) is 3.84. The summed E-state index contributed by atoms with van der Waals surface area (Å²) in [4.78, 5) is 8.39. The number of hydrogen-bond acceptors (Lipinski definition) is 3. The first kappa shape index (κ1) is 14.2. The summed E-state index contributed by atoms with van der Waals surface area (Å²) < 4.78 is 0. The number of nitrogens with zero attached hydrogens (tertiary/aromatic N) is 2. The summed E-state index contributed by atoms with van der Waals surface area (Å²) in [6.45, 7) is 0. The maximum Gasteiger partial charge on any atom is 0.170 e. The molecule has 3 nitrogen and oxygen atoms in total. The molecule has 0 spiro atoms. The van der Waals surface area contributed by atoms with E-state index in [4.69, 9.17) is 12.2 Å². The molecule has 3 heterocycles. The Hall–Kier alpha value is -1.46. The molecule has 0 radical (unpaired) electrons. The van der Waals surface area contributed by atoms with Crippen LogP contribution >= 0.6 is 23.6 Å². The molecule has 22 heavy (non-hydrogen) atoms. The molecule has 2 atom stereocenters. The summed E-state index contributed by atoms with van der Waals surface area (Å²) in [6.07, 6.45) is 6.99. The van der Waals surface area contributed by atoms with Crippen molar-refractivity contribution in [2.75, 3.05) is 0 Å². The van der Waals surface area contributed by atoms with Crippen LogP contribution in [-0.4, -0.2) is 21.0 Å². The van der Waals surface area contributed by atoms with Crippen LogP contribution in [0.4, 0.5) is 0 Å². The quantitative estimate of drug-likeness (QED) is 0.860. The van der Waals surface area contributed by atoms with Crippen LogP contribution in [0.25, 0.3) is 0 Å². The Bertz CT molecular complexity index is 635. The molecule has 0 bridgehead atoms. The second-order valence-electron chi connectivity index (χ2n) is 5.99. The molecule has 0 aromatic carbocycles. The zero-order valence-corrected chi connectivity index (χ0v) is 13.9. The zero-order valence-electron chi connectivity index (χ0n) is 12.3. The van der Waals surface area contributed by atoms with E-state index in [1.54, 1.807) is 0 Å². The molecule has 2 fully saturated rings. The van der Waals surface area contributed by atoms with Crippen molar-refractivity contribution >= 4 is 28.7 Å². The maximum absolute atomic E-state index is 5.70. The molecular weight excluding hydrogens is 310 g/mol. The smallest absolute Gasteiger partial charge is 0.170 e. The molecule has 2 aliphatic rings. The van der Waals surface area contributed by atoms with E-state index < -0.39 is 0 Å².